The van der Waals surface area contributed by atoms with Gasteiger partial charge in [-0.25, -0.2) is 9.97 Å². The van der Waals surface area contributed by atoms with E-state index in [-0.39, 0.29) is 11.7 Å². The number of nitrogens with zero attached hydrogens (tertiary/aromatic N) is 5. The normalized spacial score (nSPS) is 26.5. The first-order valence-corrected chi connectivity index (χ1v) is 11.2. The smallest absolute Gasteiger partial charge is 0.224 e. The van der Waals surface area contributed by atoms with Crippen molar-refractivity contribution in [2.45, 2.75) is 37.0 Å². The van der Waals surface area contributed by atoms with Crippen LogP contribution in [0.2, 0.25) is 0 Å². The van der Waals surface area contributed by atoms with Crippen LogP contribution in [-0.2, 0) is 9.53 Å². The van der Waals surface area contributed by atoms with Crippen molar-refractivity contribution in [3.8, 4) is 0 Å². The van der Waals surface area contributed by atoms with Crippen molar-refractivity contribution in [3.63, 3.8) is 0 Å². The molecule has 0 aromatic carbocycles. The Balaban J connectivity index is 1.39. The van der Waals surface area contributed by atoms with E-state index in [0.29, 0.717) is 25.1 Å². The summed E-state index contributed by atoms with van der Waals surface area (Å²) in [6, 6.07) is 2.59. The maximum absolute atomic E-state index is 11.8. The lowest BCUT2D eigenvalue weighted by Crippen LogP contribution is -2.56. The van der Waals surface area contributed by atoms with Gasteiger partial charge in [-0.15, -0.1) is 11.3 Å². The van der Waals surface area contributed by atoms with Crippen molar-refractivity contribution in [2.24, 2.45) is 0 Å². The molecule has 3 aliphatic rings. The summed E-state index contributed by atoms with van der Waals surface area (Å²) < 4.78 is 6.68. The molecule has 0 radical (unpaired) electrons. The molecule has 3 saturated heterocycles. The number of carbonyl (C=O) groups excluding carboxylic acids is 1. The molecule has 150 valence electrons. The molecule has 7 nitrogen and oxygen atoms in total. The van der Waals surface area contributed by atoms with Gasteiger partial charge in [0.2, 0.25) is 5.91 Å². The molecule has 0 aliphatic carbocycles. The number of aromatic nitrogens is 2. The molecular weight excluding hydrogens is 398 g/mol. The van der Waals surface area contributed by atoms with Gasteiger partial charge >= 0.3 is 0 Å². The second-order valence-electron chi connectivity index (χ2n) is 7.67. The lowest BCUT2D eigenvalue weighted by molar-refractivity contribution is -0.145. The van der Waals surface area contributed by atoms with Crippen LogP contribution < -0.4 is 0 Å². The van der Waals surface area contributed by atoms with Gasteiger partial charge in [0.05, 0.1) is 23.0 Å². The standard InChI is InChI=1S/C19H24ClN5O2S/c20-17-11-24(7-8-27-17)19(15-9-14-16(28-15)10-21-12-22-14)23-4-1-13(2-5-23)25-6-3-18(25)26/h9-10,12-13,17,19H,1-8,11H2. The Morgan fingerprint density at radius 1 is 1.21 bits per heavy atom. The van der Waals surface area contributed by atoms with Gasteiger partial charge in [0.15, 0.2) is 0 Å². The maximum Gasteiger partial charge on any atom is 0.224 e. The minimum atomic E-state index is -0.276. The predicted octanol–water partition coefficient (Wildman–Crippen LogP) is 2.28. The maximum atomic E-state index is 11.8. The molecule has 0 saturated carbocycles. The summed E-state index contributed by atoms with van der Waals surface area (Å²) in [5.74, 6) is 0.316. The molecule has 5 rings (SSSR count). The van der Waals surface area contributed by atoms with E-state index in [1.807, 2.05) is 6.20 Å². The number of ether oxygens (including phenoxy) is 1. The third kappa shape index (κ3) is 3.52. The van der Waals surface area contributed by atoms with Crippen LogP contribution in [0.1, 0.15) is 30.3 Å². The third-order valence-corrected chi connectivity index (χ3v) is 7.41. The van der Waals surface area contributed by atoms with Crippen LogP contribution in [0.4, 0.5) is 0 Å². The number of fused-ring (bicyclic) bond motifs is 1. The van der Waals surface area contributed by atoms with E-state index in [1.54, 1.807) is 17.7 Å². The fourth-order valence-electron chi connectivity index (χ4n) is 4.53. The van der Waals surface area contributed by atoms with Gasteiger partial charge in [-0.2, -0.15) is 0 Å². The van der Waals surface area contributed by atoms with E-state index >= 15 is 0 Å². The number of morpholine rings is 1. The number of halogens is 1. The molecule has 3 aliphatic heterocycles. The lowest BCUT2D eigenvalue weighted by Gasteiger charge is -2.47. The molecule has 28 heavy (non-hydrogen) atoms. The van der Waals surface area contributed by atoms with E-state index in [2.05, 4.69) is 30.7 Å². The highest BCUT2D eigenvalue weighted by Crippen LogP contribution is 2.37. The first-order chi connectivity index (χ1) is 13.7. The summed E-state index contributed by atoms with van der Waals surface area (Å²) in [6.07, 6.45) is 6.43. The fraction of sp³-hybridized carbons (Fsp3) is 0.632. The highest BCUT2D eigenvalue weighted by Gasteiger charge is 2.38. The molecule has 2 aromatic heterocycles. The summed E-state index contributed by atoms with van der Waals surface area (Å²) in [4.78, 5) is 28.7. The number of β-lactam (4-membered cyclic amide) rings is 1. The van der Waals surface area contributed by atoms with Gasteiger partial charge in [-0.05, 0) is 18.9 Å². The molecule has 5 heterocycles. The molecule has 0 spiro atoms. The van der Waals surface area contributed by atoms with Gasteiger partial charge in [0.25, 0.3) is 0 Å². The van der Waals surface area contributed by atoms with Crippen molar-refractivity contribution in [2.75, 3.05) is 39.3 Å². The number of alkyl halides is 1. The van der Waals surface area contributed by atoms with Gasteiger partial charge in [0.1, 0.15) is 11.9 Å². The Hall–Kier alpha value is -1.32. The van der Waals surface area contributed by atoms with Crippen LogP contribution in [0.15, 0.2) is 18.6 Å². The van der Waals surface area contributed by atoms with Crippen LogP contribution >= 0.6 is 22.9 Å². The number of hydrogen-bond donors (Lipinski definition) is 0. The van der Waals surface area contributed by atoms with Gasteiger partial charge < -0.3 is 9.64 Å². The van der Waals surface area contributed by atoms with Crippen molar-refractivity contribution in [1.82, 2.24) is 24.7 Å². The van der Waals surface area contributed by atoms with Gasteiger partial charge in [-0.3, -0.25) is 14.6 Å². The van der Waals surface area contributed by atoms with E-state index < -0.39 is 0 Å². The van der Waals surface area contributed by atoms with Crippen LogP contribution in [0.5, 0.6) is 0 Å². The molecule has 2 unspecified atom stereocenters. The molecule has 0 bridgehead atoms. The SMILES string of the molecule is O=C1CCN1C1CCN(C(c2cc3ncncc3s2)N2CCOC(Cl)C2)CC1. The highest BCUT2D eigenvalue weighted by atomic mass is 35.5. The second kappa shape index (κ2) is 7.84. The van der Waals surface area contributed by atoms with Crippen LogP contribution in [-0.4, -0.2) is 81.5 Å². The fourth-order valence-corrected chi connectivity index (χ4v) is 5.96. The number of amides is 1. The zero-order valence-electron chi connectivity index (χ0n) is 15.7. The minimum absolute atomic E-state index is 0.164. The zero-order chi connectivity index (χ0) is 19.1. The van der Waals surface area contributed by atoms with Gasteiger partial charge in [-0.1, -0.05) is 11.6 Å². The summed E-state index contributed by atoms with van der Waals surface area (Å²) in [5, 5.41) is 0. The summed E-state index contributed by atoms with van der Waals surface area (Å²) >= 11 is 8.08. The van der Waals surface area contributed by atoms with Crippen LogP contribution in [0.25, 0.3) is 10.2 Å². The Labute approximate surface area is 173 Å². The van der Waals surface area contributed by atoms with E-state index in [1.165, 1.54) is 4.88 Å². The number of piperidine rings is 1. The van der Waals surface area contributed by atoms with Crippen LogP contribution in [0, 0.1) is 0 Å². The minimum Gasteiger partial charge on any atom is -0.360 e. The van der Waals surface area contributed by atoms with E-state index in [4.69, 9.17) is 16.3 Å². The van der Waals surface area contributed by atoms with Crippen molar-refractivity contribution >= 4 is 39.1 Å². The quantitative estimate of drug-likeness (QED) is 0.557. The molecule has 2 atom stereocenters. The largest absolute Gasteiger partial charge is 0.360 e. The Kier molecular flexibility index (Phi) is 5.23. The van der Waals surface area contributed by atoms with Crippen molar-refractivity contribution in [3.05, 3.63) is 23.5 Å². The number of likely N-dealkylation sites (tertiary alicyclic amines) is 2. The van der Waals surface area contributed by atoms with Crippen molar-refractivity contribution < 1.29 is 9.53 Å². The monoisotopic (exact) mass is 421 g/mol. The van der Waals surface area contributed by atoms with Gasteiger partial charge in [0, 0.05) is 56.3 Å². The van der Waals surface area contributed by atoms with E-state index in [9.17, 15) is 4.79 Å². The van der Waals surface area contributed by atoms with Crippen LogP contribution in [0.3, 0.4) is 0 Å². The summed E-state index contributed by atoms with van der Waals surface area (Å²) in [7, 11) is 0. The average Bonchev–Trinajstić information content (AvgIpc) is 3.12. The molecular formula is C19H24ClN5O2S. The number of hydrogen-bond acceptors (Lipinski definition) is 7. The Morgan fingerprint density at radius 3 is 2.75 bits per heavy atom. The third-order valence-electron chi connectivity index (χ3n) is 6.04. The Bertz CT molecular complexity index is 823. The molecule has 0 N–H and O–H groups in total. The number of rotatable bonds is 4. The first kappa shape index (κ1) is 18.7. The first-order valence-electron chi connectivity index (χ1n) is 9.92. The Morgan fingerprint density at radius 2 is 2.07 bits per heavy atom. The molecule has 9 heteroatoms. The highest BCUT2D eigenvalue weighted by molar-refractivity contribution is 7.19. The average molecular weight is 422 g/mol. The molecule has 3 fully saturated rings. The lowest BCUT2D eigenvalue weighted by atomic mass is 9.98. The molecule has 2 aromatic rings. The topological polar surface area (TPSA) is 61.8 Å². The number of carbonyl (C=O) groups is 1. The zero-order valence-corrected chi connectivity index (χ0v) is 17.2. The predicted molar refractivity (Wildman–Crippen MR) is 108 cm³/mol. The van der Waals surface area contributed by atoms with Crippen molar-refractivity contribution in [1.29, 1.82) is 0 Å². The number of thiophene rings is 1. The summed E-state index contributed by atoms with van der Waals surface area (Å²) in [6.45, 7) is 5.09. The molecule has 1 amide bonds. The summed E-state index contributed by atoms with van der Waals surface area (Å²) in [5.41, 5.74) is 0.721. The van der Waals surface area contributed by atoms with E-state index in [0.717, 1.165) is 55.7 Å². The second-order valence-corrected chi connectivity index (χ2v) is 9.28.